The summed E-state index contributed by atoms with van der Waals surface area (Å²) in [5, 5.41) is 5.68. The molecule has 0 aromatic heterocycles. The van der Waals surface area contributed by atoms with Gasteiger partial charge in [-0.25, -0.2) is 0 Å². The van der Waals surface area contributed by atoms with E-state index in [-0.39, 0.29) is 36.1 Å². The van der Waals surface area contributed by atoms with Crippen LogP contribution in [0.2, 0.25) is 0 Å². The van der Waals surface area contributed by atoms with E-state index in [0.29, 0.717) is 43.0 Å². The Balaban J connectivity index is 1.42. The van der Waals surface area contributed by atoms with Crippen LogP contribution in [-0.2, 0) is 11.0 Å². The van der Waals surface area contributed by atoms with Crippen molar-refractivity contribution in [3.63, 3.8) is 0 Å². The number of carbonyl (C=O) groups excluding carboxylic acids is 3. The summed E-state index contributed by atoms with van der Waals surface area (Å²) in [6.45, 7) is 4.31. The zero-order chi connectivity index (χ0) is 26.7. The van der Waals surface area contributed by atoms with Crippen molar-refractivity contribution in [3.8, 4) is 11.5 Å². The first-order valence-corrected chi connectivity index (χ1v) is 12.0. The SMILES string of the molecule is CC(C)NC(=O)[C@H](NC(=O)c1ccc2c(c1)OCO2)C1CCN(C(=O)c2ccc(C(F)(F)F)cc2)CC1. The van der Waals surface area contributed by atoms with Crippen LogP contribution in [0.5, 0.6) is 11.5 Å². The lowest BCUT2D eigenvalue weighted by molar-refractivity contribution is -0.137. The molecular weight excluding hydrogens is 491 g/mol. The maximum atomic E-state index is 13.0. The fourth-order valence-electron chi connectivity index (χ4n) is 4.45. The van der Waals surface area contributed by atoms with Crippen molar-refractivity contribution in [2.24, 2.45) is 5.92 Å². The monoisotopic (exact) mass is 519 g/mol. The van der Waals surface area contributed by atoms with Gasteiger partial charge in [0.2, 0.25) is 12.7 Å². The summed E-state index contributed by atoms with van der Waals surface area (Å²) in [4.78, 5) is 40.4. The van der Waals surface area contributed by atoms with Crippen molar-refractivity contribution in [2.45, 2.75) is 44.9 Å². The molecule has 1 fully saturated rings. The Kier molecular flexibility index (Phi) is 7.60. The standard InChI is InChI=1S/C26H28F3N3O5/c1-15(2)30-24(34)22(31-23(33)18-5-8-20-21(13-18)37-14-36-20)16-9-11-32(12-10-16)25(35)17-3-6-19(7-4-17)26(27,28)29/h3-8,13,15-16,22H,9-12,14H2,1-2H3,(H,30,34)(H,31,33)/t22-/m1/s1. The number of carbonyl (C=O) groups is 3. The predicted molar refractivity (Wildman–Crippen MR) is 127 cm³/mol. The maximum Gasteiger partial charge on any atom is 0.416 e. The molecule has 1 saturated heterocycles. The zero-order valence-electron chi connectivity index (χ0n) is 20.4. The van der Waals surface area contributed by atoms with Crippen molar-refractivity contribution in [3.05, 3.63) is 59.2 Å². The molecule has 0 spiro atoms. The lowest BCUT2D eigenvalue weighted by Gasteiger charge is -2.36. The third kappa shape index (κ3) is 6.15. The Morgan fingerprint density at radius 3 is 2.16 bits per heavy atom. The number of alkyl halides is 3. The van der Waals surface area contributed by atoms with Crippen LogP contribution in [0, 0.1) is 5.92 Å². The molecule has 2 aromatic rings. The minimum absolute atomic E-state index is 0.0730. The fraction of sp³-hybridized carbons (Fsp3) is 0.423. The van der Waals surface area contributed by atoms with Crippen LogP contribution in [0.1, 0.15) is 53.0 Å². The summed E-state index contributed by atoms with van der Waals surface area (Å²) in [6.07, 6.45) is -3.61. The van der Waals surface area contributed by atoms with E-state index < -0.39 is 23.7 Å². The molecule has 0 saturated carbocycles. The molecule has 0 unspecified atom stereocenters. The van der Waals surface area contributed by atoms with Gasteiger partial charge in [-0.3, -0.25) is 14.4 Å². The molecule has 0 bridgehead atoms. The molecule has 2 heterocycles. The Morgan fingerprint density at radius 1 is 0.919 bits per heavy atom. The average Bonchev–Trinajstić information content (AvgIpc) is 3.34. The van der Waals surface area contributed by atoms with Crippen molar-refractivity contribution in [2.75, 3.05) is 19.9 Å². The Labute approximate surface area is 212 Å². The number of benzene rings is 2. The molecule has 8 nitrogen and oxygen atoms in total. The number of nitrogens with one attached hydrogen (secondary N) is 2. The molecule has 0 radical (unpaired) electrons. The smallest absolute Gasteiger partial charge is 0.416 e. The van der Waals surface area contributed by atoms with Gasteiger partial charge in [-0.2, -0.15) is 13.2 Å². The van der Waals surface area contributed by atoms with Crippen LogP contribution < -0.4 is 20.1 Å². The Hall–Kier alpha value is -3.76. The molecule has 3 amide bonds. The molecule has 2 aromatic carbocycles. The van der Waals surface area contributed by atoms with E-state index in [0.717, 1.165) is 12.1 Å². The average molecular weight is 520 g/mol. The van der Waals surface area contributed by atoms with Crippen molar-refractivity contribution in [1.29, 1.82) is 0 Å². The first-order chi connectivity index (χ1) is 17.5. The third-order valence-electron chi connectivity index (χ3n) is 6.39. The zero-order valence-corrected chi connectivity index (χ0v) is 20.4. The predicted octanol–water partition coefficient (Wildman–Crippen LogP) is 3.61. The highest BCUT2D eigenvalue weighted by molar-refractivity contribution is 5.98. The van der Waals surface area contributed by atoms with Crippen molar-refractivity contribution >= 4 is 17.7 Å². The minimum Gasteiger partial charge on any atom is -0.454 e. The van der Waals surface area contributed by atoms with Crippen molar-refractivity contribution in [1.82, 2.24) is 15.5 Å². The summed E-state index contributed by atoms with van der Waals surface area (Å²) < 4.78 is 49.1. The van der Waals surface area contributed by atoms with Gasteiger partial charge in [0, 0.05) is 30.3 Å². The second kappa shape index (κ2) is 10.7. The van der Waals surface area contributed by atoms with Gasteiger partial charge in [-0.05, 0) is 75.1 Å². The highest BCUT2D eigenvalue weighted by Crippen LogP contribution is 2.33. The van der Waals surface area contributed by atoms with Crippen LogP contribution >= 0.6 is 0 Å². The van der Waals surface area contributed by atoms with Gasteiger partial charge in [0.15, 0.2) is 11.5 Å². The normalized spacial score (nSPS) is 16.4. The highest BCUT2D eigenvalue weighted by atomic mass is 19.4. The molecule has 0 aliphatic carbocycles. The minimum atomic E-state index is -4.48. The van der Waals surface area contributed by atoms with E-state index >= 15 is 0 Å². The van der Waals surface area contributed by atoms with Crippen LogP contribution in [0.25, 0.3) is 0 Å². The number of hydrogen-bond donors (Lipinski definition) is 2. The third-order valence-corrected chi connectivity index (χ3v) is 6.39. The van der Waals surface area contributed by atoms with Gasteiger partial charge in [-0.1, -0.05) is 0 Å². The Bertz CT molecular complexity index is 1160. The van der Waals surface area contributed by atoms with Crippen LogP contribution in [0.3, 0.4) is 0 Å². The first kappa shape index (κ1) is 26.3. The highest BCUT2D eigenvalue weighted by Gasteiger charge is 2.35. The summed E-state index contributed by atoms with van der Waals surface area (Å²) in [5.41, 5.74) is -0.335. The van der Waals surface area contributed by atoms with Crippen LogP contribution in [0.15, 0.2) is 42.5 Å². The van der Waals surface area contributed by atoms with E-state index in [1.807, 2.05) is 13.8 Å². The summed E-state index contributed by atoms with van der Waals surface area (Å²) in [7, 11) is 0. The summed E-state index contributed by atoms with van der Waals surface area (Å²) in [5.74, 6) is -0.392. The van der Waals surface area contributed by atoms with Gasteiger partial charge in [0.1, 0.15) is 6.04 Å². The van der Waals surface area contributed by atoms with E-state index in [4.69, 9.17) is 9.47 Å². The number of halogens is 3. The van der Waals surface area contributed by atoms with Gasteiger partial charge in [-0.15, -0.1) is 0 Å². The van der Waals surface area contributed by atoms with E-state index in [1.165, 1.54) is 12.1 Å². The quantitative estimate of drug-likeness (QED) is 0.608. The molecule has 2 N–H and O–H groups in total. The molecular formula is C26H28F3N3O5. The van der Waals surface area contributed by atoms with Gasteiger partial charge in [0.25, 0.3) is 11.8 Å². The molecule has 1 atom stereocenters. The fourth-order valence-corrected chi connectivity index (χ4v) is 4.45. The molecule has 2 aliphatic heterocycles. The number of fused-ring (bicyclic) bond motifs is 1. The van der Waals surface area contributed by atoms with Gasteiger partial charge in [0.05, 0.1) is 5.56 Å². The van der Waals surface area contributed by atoms with Gasteiger partial charge >= 0.3 is 6.18 Å². The number of ether oxygens (including phenoxy) is 2. The Morgan fingerprint density at radius 2 is 1.54 bits per heavy atom. The number of amides is 3. The largest absolute Gasteiger partial charge is 0.454 e. The van der Waals surface area contributed by atoms with E-state index in [1.54, 1.807) is 23.1 Å². The molecule has 2 aliphatic rings. The molecule has 11 heteroatoms. The molecule has 4 rings (SSSR count). The number of hydrogen-bond acceptors (Lipinski definition) is 5. The molecule has 37 heavy (non-hydrogen) atoms. The van der Waals surface area contributed by atoms with Crippen LogP contribution in [-0.4, -0.2) is 54.6 Å². The summed E-state index contributed by atoms with van der Waals surface area (Å²) >= 11 is 0. The van der Waals surface area contributed by atoms with E-state index in [9.17, 15) is 27.6 Å². The maximum absolute atomic E-state index is 13.0. The van der Waals surface area contributed by atoms with E-state index in [2.05, 4.69) is 10.6 Å². The molecule has 198 valence electrons. The van der Waals surface area contributed by atoms with Gasteiger partial charge < -0.3 is 25.0 Å². The lowest BCUT2D eigenvalue weighted by atomic mass is 9.88. The summed E-state index contributed by atoms with van der Waals surface area (Å²) in [6, 6.07) is 7.92. The number of nitrogens with zero attached hydrogens (tertiary/aromatic N) is 1. The number of likely N-dealkylation sites (tertiary alicyclic amines) is 1. The van der Waals surface area contributed by atoms with Crippen molar-refractivity contribution < 1.29 is 37.0 Å². The second-order valence-corrected chi connectivity index (χ2v) is 9.39. The topological polar surface area (TPSA) is 97.0 Å². The number of piperidine rings is 1. The second-order valence-electron chi connectivity index (χ2n) is 9.39. The first-order valence-electron chi connectivity index (χ1n) is 12.0. The lowest BCUT2D eigenvalue weighted by Crippen LogP contribution is -2.54. The van der Waals surface area contributed by atoms with Crippen LogP contribution in [0.4, 0.5) is 13.2 Å². The number of rotatable bonds is 6.